The van der Waals surface area contributed by atoms with Crippen LogP contribution in [0.25, 0.3) is 5.69 Å². The van der Waals surface area contributed by atoms with Crippen molar-refractivity contribution in [3.8, 4) is 11.4 Å². The number of imidazole rings is 1. The van der Waals surface area contributed by atoms with Crippen LogP contribution < -0.4 is 15.4 Å². The Labute approximate surface area is 188 Å². The Hall–Kier alpha value is -3.61. The highest BCUT2D eigenvalue weighted by Gasteiger charge is 2.27. The number of aromatic nitrogens is 2. The smallest absolute Gasteiger partial charge is 0.255 e. The van der Waals surface area contributed by atoms with Gasteiger partial charge in [-0.15, -0.1) is 0 Å². The lowest BCUT2D eigenvalue weighted by Crippen LogP contribution is -2.50. The SMILES string of the molecule is CCOc1ccccc1C(=O)N[C@H](C(=O)N[C@@H](C)c1ccc(-n2ccnc2)cc1)C(C)C. The first kappa shape index (κ1) is 23.1. The summed E-state index contributed by atoms with van der Waals surface area (Å²) in [6.07, 6.45) is 5.34. The van der Waals surface area contributed by atoms with E-state index in [2.05, 4.69) is 15.6 Å². The molecule has 1 heterocycles. The second-order valence-corrected chi connectivity index (χ2v) is 7.92. The van der Waals surface area contributed by atoms with Gasteiger partial charge in [0.15, 0.2) is 0 Å². The minimum Gasteiger partial charge on any atom is -0.493 e. The molecule has 168 valence electrons. The van der Waals surface area contributed by atoms with Gasteiger partial charge >= 0.3 is 0 Å². The maximum absolute atomic E-state index is 13.0. The van der Waals surface area contributed by atoms with E-state index in [9.17, 15) is 9.59 Å². The Bertz CT molecular complexity index is 1030. The number of para-hydroxylation sites is 1. The molecule has 3 rings (SSSR count). The third kappa shape index (κ3) is 5.55. The van der Waals surface area contributed by atoms with Gasteiger partial charge in [0.05, 0.1) is 24.5 Å². The molecule has 2 atom stereocenters. The van der Waals surface area contributed by atoms with Crippen LogP contribution in [0.3, 0.4) is 0 Å². The molecule has 2 amide bonds. The molecule has 0 aliphatic rings. The molecule has 7 heteroatoms. The van der Waals surface area contributed by atoms with E-state index in [4.69, 9.17) is 4.74 Å². The summed E-state index contributed by atoms with van der Waals surface area (Å²) in [6, 6.07) is 14.0. The number of hydrogen-bond donors (Lipinski definition) is 2. The lowest BCUT2D eigenvalue weighted by molar-refractivity contribution is -0.124. The highest BCUT2D eigenvalue weighted by molar-refractivity contribution is 5.99. The fourth-order valence-electron chi connectivity index (χ4n) is 3.42. The summed E-state index contributed by atoms with van der Waals surface area (Å²) in [6.45, 7) is 8.05. The van der Waals surface area contributed by atoms with Crippen molar-refractivity contribution in [2.24, 2.45) is 5.92 Å². The molecule has 0 unspecified atom stereocenters. The van der Waals surface area contributed by atoms with E-state index in [1.165, 1.54) is 0 Å². The van der Waals surface area contributed by atoms with E-state index in [-0.39, 0.29) is 23.8 Å². The zero-order valence-electron chi connectivity index (χ0n) is 18.9. The van der Waals surface area contributed by atoms with Crippen molar-refractivity contribution in [3.63, 3.8) is 0 Å². The number of nitrogens with zero attached hydrogens (tertiary/aromatic N) is 2. The van der Waals surface area contributed by atoms with Crippen LogP contribution in [0.15, 0.2) is 67.3 Å². The summed E-state index contributed by atoms with van der Waals surface area (Å²) in [4.78, 5) is 30.0. The van der Waals surface area contributed by atoms with E-state index in [1.54, 1.807) is 30.7 Å². The van der Waals surface area contributed by atoms with Crippen LogP contribution in [0.5, 0.6) is 5.75 Å². The molecule has 2 N–H and O–H groups in total. The normalized spacial score (nSPS) is 12.8. The molecule has 0 aliphatic carbocycles. The van der Waals surface area contributed by atoms with Crippen LogP contribution in [0, 0.1) is 5.92 Å². The average Bonchev–Trinajstić information content (AvgIpc) is 3.32. The summed E-state index contributed by atoms with van der Waals surface area (Å²) in [5.41, 5.74) is 2.37. The molecular weight excluding hydrogens is 404 g/mol. The fraction of sp³-hybridized carbons (Fsp3) is 0.320. The number of ether oxygens (including phenoxy) is 1. The fourth-order valence-corrected chi connectivity index (χ4v) is 3.42. The number of carbonyl (C=O) groups excluding carboxylic acids is 2. The number of benzene rings is 2. The van der Waals surface area contributed by atoms with Crippen LogP contribution >= 0.6 is 0 Å². The average molecular weight is 435 g/mol. The third-order valence-electron chi connectivity index (χ3n) is 5.22. The molecule has 3 aromatic rings. The van der Waals surface area contributed by atoms with Crippen molar-refractivity contribution in [3.05, 3.63) is 78.4 Å². The second kappa shape index (κ2) is 10.6. The van der Waals surface area contributed by atoms with Gasteiger partial charge < -0.3 is 19.9 Å². The van der Waals surface area contributed by atoms with Gasteiger partial charge in [-0.05, 0) is 49.6 Å². The van der Waals surface area contributed by atoms with E-state index >= 15 is 0 Å². The van der Waals surface area contributed by atoms with Crippen LogP contribution in [-0.2, 0) is 4.79 Å². The topological polar surface area (TPSA) is 85.2 Å². The monoisotopic (exact) mass is 434 g/mol. The maximum Gasteiger partial charge on any atom is 0.255 e. The molecule has 0 fully saturated rings. The summed E-state index contributed by atoms with van der Waals surface area (Å²) >= 11 is 0. The number of nitrogens with one attached hydrogen (secondary N) is 2. The van der Waals surface area contributed by atoms with E-state index in [0.717, 1.165) is 11.3 Å². The Balaban J connectivity index is 1.68. The molecule has 32 heavy (non-hydrogen) atoms. The van der Waals surface area contributed by atoms with E-state index in [1.807, 2.05) is 68.8 Å². The van der Waals surface area contributed by atoms with Crippen LogP contribution in [-0.4, -0.2) is 34.0 Å². The van der Waals surface area contributed by atoms with Crippen molar-refractivity contribution >= 4 is 11.8 Å². The molecule has 7 nitrogen and oxygen atoms in total. The molecule has 0 spiro atoms. The first-order chi connectivity index (χ1) is 15.4. The molecule has 0 aliphatic heterocycles. The molecular formula is C25H30N4O3. The first-order valence-electron chi connectivity index (χ1n) is 10.8. The van der Waals surface area contributed by atoms with Crippen molar-refractivity contribution < 1.29 is 14.3 Å². The van der Waals surface area contributed by atoms with E-state index in [0.29, 0.717) is 17.9 Å². The summed E-state index contributed by atoms with van der Waals surface area (Å²) in [5.74, 6) is -0.149. The minimum absolute atomic E-state index is 0.0889. The quantitative estimate of drug-likeness (QED) is 0.535. The van der Waals surface area contributed by atoms with Gasteiger partial charge in [-0.2, -0.15) is 0 Å². The summed E-state index contributed by atoms with van der Waals surface area (Å²) in [5, 5.41) is 5.90. The third-order valence-corrected chi connectivity index (χ3v) is 5.22. The Morgan fingerprint density at radius 3 is 2.38 bits per heavy atom. The summed E-state index contributed by atoms with van der Waals surface area (Å²) < 4.78 is 7.47. The molecule has 1 aromatic heterocycles. The van der Waals surface area contributed by atoms with Crippen LogP contribution in [0.1, 0.15) is 49.7 Å². The van der Waals surface area contributed by atoms with Gasteiger partial charge in [-0.3, -0.25) is 9.59 Å². The van der Waals surface area contributed by atoms with Gasteiger partial charge in [0.1, 0.15) is 11.8 Å². The molecule has 2 aromatic carbocycles. The number of rotatable bonds is 9. The number of hydrogen-bond acceptors (Lipinski definition) is 4. The van der Waals surface area contributed by atoms with Gasteiger partial charge in [-0.25, -0.2) is 4.98 Å². The van der Waals surface area contributed by atoms with Gasteiger partial charge in [0.25, 0.3) is 5.91 Å². The zero-order chi connectivity index (χ0) is 23.1. The maximum atomic E-state index is 13.0. The molecule has 0 bridgehead atoms. The van der Waals surface area contributed by atoms with Crippen molar-refractivity contribution in [1.29, 1.82) is 0 Å². The predicted molar refractivity (Wildman–Crippen MR) is 124 cm³/mol. The Morgan fingerprint density at radius 1 is 1.03 bits per heavy atom. The Kier molecular flexibility index (Phi) is 7.65. The minimum atomic E-state index is -0.676. The van der Waals surface area contributed by atoms with Crippen LogP contribution in [0.4, 0.5) is 0 Å². The standard InChI is InChI=1S/C25H30N4O3/c1-5-32-22-9-7-6-8-21(22)24(30)28-23(17(2)3)25(31)27-18(4)19-10-12-20(13-11-19)29-15-14-26-16-29/h6-18,23H,5H2,1-4H3,(H,27,31)(H,28,30)/t18-,23-/m0/s1. The van der Waals surface area contributed by atoms with Crippen molar-refractivity contribution in [1.82, 2.24) is 20.2 Å². The summed E-state index contributed by atoms with van der Waals surface area (Å²) in [7, 11) is 0. The zero-order valence-corrected chi connectivity index (χ0v) is 18.9. The van der Waals surface area contributed by atoms with Gasteiger partial charge in [0.2, 0.25) is 5.91 Å². The molecule has 0 saturated carbocycles. The predicted octanol–water partition coefficient (Wildman–Crippen LogP) is 3.90. The van der Waals surface area contributed by atoms with Crippen LogP contribution in [0.2, 0.25) is 0 Å². The van der Waals surface area contributed by atoms with Crippen molar-refractivity contribution in [2.45, 2.75) is 39.8 Å². The highest BCUT2D eigenvalue weighted by Crippen LogP contribution is 2.19. The lowest BCUT2D eigenvalue weighted by Gasteiger charge is -2.24. The molecule has 0 radical (unpaired) electrons. The van der Waals surface area contributed by atoms with Gasteiger partial charge in [0, 0.05) is 18.1 Å². The number of amides is 2. The number of carbonyl (C=O) groups is 2. The highest BCUT2D eigenvalue weighted by atomic mass is 16.5. The van der Waals surface area contributed by atoms with Crippen molar-refractivity contribution in [2.75, 3.05) is 6.61 Å². The Morgan fingerprint density at radius 2 is 1.75 bits per heavy atom. The van der Waals surface area contributed by atoms with Gasteiger partial charge in [-0.1, -0.05) is 38.1 Å². The lowest BCUT2D eigenvalue weighted by atomic mass is 10.0. The largest absolute Gasteiger partial charge is 0.493 e. The van der Waals surface area contributed by atoms with E-state index < -0.39 is 6.04 Å². The first-order valence-corrected chi connectivity index (χ1v) is 10.8. The second-order valence-electron chi connectivity index (χ2n) is 7.92. The molecule has 0 saturated heterocycles.